The van der Waals surface area contributed by atoms with Crippen molar-refractivity contribution in [3.8, 4) is 0 Å². The molecule has 24 heavy (non-hydrogen) atoms. The summed E-state index contributed by atoms with van der Waals surface area (Å²) in [6.07, 6.45) is 2.86. The summed E-state index contributed by atoms with van der Waals surface area (Å²) >= 11 is 1.30. The van der Waals surface area contributed by atoms with Crippen molar-refractivity contribution in [1.82, 2.24) is 9.97 Å². The van der Waals surface area contributed by atoms with Crippen LogP contribution in [-0.2, 0) is 27.4 Å². The monoisotopic (exact) mass is 343 g/mol. The molecule has 0 saturated carbocycles. The van der Waals surface area contributed by atoms with Crippen LogP contribution in [0.1, 0.15) is 24.6 Å². The number of aromatic nitrogens is 2. The molecule has 0 radical (unpaired) electrons. The number of ether oxygens (including phenoxy) is 1. The molecule has 0 atom stereocenters. The maximum atomic E-state index is 11.9. The molecule has 2 heterocycles. The second kappa shape index (κ2) is 7.27. The quantitative estimate of drug-likeness (QED) is 0.673. The Balaban J connectivity index is 1.49. The number of rotatable bonds is 6. The molecular formula is C17H17N3O3S. The molecule has 6 nitrogen and oxygen atoms in total. The molecule has 3 aromatic rings. The van der Waals surface area contributed by atoms with Gasteiger partial charge in [0.2, 0.25) is 5.91 Å². The van der Waals surface area contributed by atoms with Gasteiger partial charge in [0.15, 0.2) is 5.13 Å². The first-order valence-electron chi connectivity index (χ1n) is 7.54. The van der Waals surface area contributed by atoms with Crippen LogP contribution in [-0.4, -0.2) is 21.8 Å². The van der Waals surface area contributed by atoms with E-state index in [1.54, 1.807) is 5.38 Å². The Labute approximate surface area is 142 Å². The summed E-state index contributed by atoms with van der Waals surface area (Å²) in [6.45, 7) is 1.54. The number of esters is 1. The smallest absolute Gasteiger partial charge is 0.306 e. The normalized spacial score (nSPS) is 10.7. The Hall–Kier alpha value is -2.67. The lowest BCUT2D eigenvalue weighted by atomic mass is 10.1. The number of aromatic amines is 1. The average molecular weight is 343 g/mol. The third kappa shape index (κ3) is 3.99. The van der Waals surface area contributed by atoms with Crippen LogP contribution in [0.2, 0.25) is 0 Å². The van der Waals surface area contributed by atoms with Gasteiger partial charge in [0, 0.05) is 35.8 Å². The molecule has 2 aromatic heterocycles. The molecule has 7 heteroatoms. The molecule has 0 aliphatic rings. The van der Waals surface area contributed by atoms with Gasteiger partial charge in [0.05, 0.1) is 5.69 Å². The predicted octanol–water partition coefficient (Wildman–Crippen LogP) is 3.26. The lowest BCUT2D eigenvalue weighted by molar-refractivity contribution is -0.145. The first-order valence-corrected chi connectivity index (χ1v) is 8.42. The summed E-state index contributed by atoms with van der Waals surface area (Å²) in [4.78, 5) is 30.2. The van der Waals surface area contributed by atoms with Gasteiger partial charge >= 0.3 is 5.97 Å². The zero-order chi connectivity index (χ0) is 16.9. The second-order valence-corrected chi connectivity index (χ2v) is 6.20. The fraction of sp³-hybridized carbons (Fsp3) is 0.235. The topological polar surface area (TPSA) is 84.1 Å². The highest BCUT2D eigenvalue weighted by Gasteiger charge is 2.09. The van der Waals surface area contributed by atoms with E-state index in [-0.39, 0.29) is 18.5 Å². The van der Waals surface area contributed by atoms with Crippen molar-refractivity contribution in [2.24, 2.45) is 0 Å². The van der Waals surface area contributed by atoms with Gasteiger partial charge in [-0.05, 0) is 18.1 Å². The lowest BCUT2D eigenvalue weighted by Gasteiger charge is -2.03. The van der Waals surface area contributed by atoms with Gasteiger partial charge in [-0.3, -0.25) is 9.59 Å². The van der Waals surface area contributed by atoms with Crippen LogP contribution in [0.5, 0.6) is 0 Å². The second-order valence-electron chi connectivity index (χ2n) is 5.35. The number of benzene rings is 1. The summed E-state index contributed by atoms with van der Waals surface area (Å²) in [5.41, 5.74) is 2.79. The zero-order valence-corrected chi connectivity index (χ0v) is 14.0. The van der Waals surface area contributed by atoms with E-state index in [1.165, 1.54) is 18.3 Å². The molecule has 1 amide bonds. The van der Waals surface area contributed by atoms with Gasteiger partial charge < -0.3 is 15.0 Å². The summed E-state index contributed by atoms with van der Waals surface area (Å²) in [5.74, 6) is -0.444. The van der Waals surface area contributed by atoms with Crippen LogP contribution in [0.15, 0.2) is 35.8 Å². The number of hydrogen-bond donors (Lipinski definition) is 2. The summed E-state index contributed by atoms with van der Waals surface area (Å²) < 4.78 is 5.24. The molecule has 0 spiro atoms. The standard InChI is InChI=1S/C17H17N3O3S/c1-11(21)19-17-20-13(10-24-17)9-23-16(22)7-6-12-8-18-15-5-3-2-4-14(12)15/h2-5,8,10,18H,6-7,9H2,1H3,(H,19,20,21). The van der Waals surface area contributed by atoms with Crippen LogP contribution in [0, 0.1) is 0 Å². The Morgan fingerprint density at radius 1 is 1.33 bits per heavy atom. The summed E-state index contributed by atoms with van der Waals surface area (Å²) in [5, 5.41) is 6.00. The van der Waals surface area contributed by atoms with E-state index in [2.05, 4.69) is 15.3 Å². The Morgan fingerprint density at radius 3 is 3.00 bits per heavy atom. The van der Waals surface area contributed by atoms with Gasteiger partial charge in [0.1, 0.15) is 6.61 Å². The van der Waals surface area contributed by atoms with Crippen molar-refractivity contribution < 1.29 is 14.3 Å². The molecule has 0 aliphatic carbocycles. The fourth-order valence-corrected chi connectivity index (χ4v) is 3.12. The maximum absolute atomic E-state index is 11.9. The number of aryl methyl sites for hydroxylation is 1. The van der Waals surface area contributed by atoms with Gasteiger partial charge in [-0.15, -0.1) is 11.3 Å². The van der Waals surface area contributed by atoms with Crippen LogP contribution < -0.4 is 5.32 Å². The molecule has 1 aromatic carbocycles. The lowest BCUT2D eigenvalue weighted by Crippen LogP contribution is -2.07. The Kier molecular flexibility index (Phi) is 4.90. The van der Waals surface area contributed by atoms with E-state index < -0.39 is 0 Å². The van der Waals surface area contributed by atoms with Gasteiger partial charge in [0.25, 0.3) is 0 Å². The van der Waals surface area contributed by atoms with E-state index in [0.29, 0.717) is 23.7 Å². The van der Waals surface area contributed by atoms with Crippen molar-refractivity contribution in [2.75, 3.05) is 5.32 Å². The molecular weight excluding hydrogens is 326 g/mol. The zero-order valence-electron chi connectivity index (χ0n) is 13.2. The molecule has 0 saturated heterocycles. The van der Waals surface area contributed by atoms with E-state index in [1.807, 2.05) is 30.5 Å². The molecule has 124 valence electrons. The average Bonchev–Trinajstić information content (AvgIpc) is 3.17. The largest absolute Gasteiger partial charge is 0.459 e. The molecule has 0 bridgehead atoms. The number of carbonyl (C=O) groups is 2. The van der Waals surface area contributed by atoms with E-state index in [9.17, 15) is 9.59 Å². The van der Waals surface area contributed by atoms with Crippen LogP contribution in [0.3, 0.4) is 0 Å². The van der Waals surface area contributed by atoms with E-state index >= 15 is 0 Å². The highest BCUT2D eigenvalue weighted by atomic mass is 32.1. The van der Waals surface area contributed by atoms with Crippen molar-refractivity contribution >= 4 is 39.2 Å². The minimum absolute atomic E-state index is 0.114. The van der Waals surface area contributed by atoms with Gasteiger partial charge in [-0.1, -0.05) is 18.2 Å². The highest BCUT2D eigenvalue weighted by Crippen LogP contribution is 2.19. The first kappa shape index (κ1) is 16.2. The van der Waals surface area contributed by atoms with Crippen molar-refractivity contribution in [1.29, 1.82) is 0 Å². The Morgan fingerprint density at radius 2 is 2.17 bits per heavy atom. The van der Waals surface area contributed by atoms with Gasteiger partial charge in [-0.25, -0.2) is 4.98 Å². The number of H-pyrrole nitrogens is 1. The van der Waals surface area contributed by atoms with E-state index in [0.717, 1.165) is 16.5 Å². The third-order valence-corrected chi connectivity index (χ3v) is 4.30. The maximum Gasteiger partial charge on any atom is 0.306 e. The number of anilines is 1. The van der Waals surface area contributed by atoms with Crippen molar-refractivity contribution in [3.05, 3.63) is 47.1 Å². The highest BCUT2D eigenvalue weighted by molar-refractivity contribution is 7.13. The minimum atomic E-state index is -0.269. The number of hydrogen-bond acceptors (Lipinski definition) is 5. The fourth-order valence-electron chi connectivity index (χ4n) is 2.38. The number of thiazole rings is 1. The number of nitrogens with one attached hydrogen (secondary N) is 2. The third-order valence-electron chi connectivity index (χ3n) is 3.49. The number of carbonyl (C=O) groups excluding carboxylic acids is 2. The molecule has 0 fully saturated rings. The van der Waals surface area contributed by atoms with Crippen molar-refractivity contribution in [2.45, 2.75) is 26.4 Å². The van der Waals surface area contributed by atoms with Gasteiger partial charge in [-0.2, -0.15) is 0 Å². The number of para-hydroxylation sites is 1. The number of nitrogens with zero attached hydrogens (tertiary/aromatic N) is 1. The summed E-state index contributed by atoms with van der Waals surface area (Å²) in [6, 6.07) is 7.99. The first-order chi connectivity index (χ1) is 11.6. The number of fused-ring (bicyclic) bond motifs is 1. The number of amides is 1. The SMILES string of the molecule is CC(=O)Nc1nc(COC(=O)CCc2c[nH]c3ccccc23)cs1. The molecule has 2 N–H and O–H groups in total. The van der Waals surface area contributed by atoms with Crippen molar-refractivity contribution in [3.63, 3.8) is 0 Å². The predicted molar refractivity (Wildman–Crippen MR) is 92.8 cm³/mol. The Bertz CT molecular complexity index is 869. The van der Waals surface area contributed by atoms with Crippen LogP contribution in [0.4, 0.5) is 5.13 Å². The molecule has 0 aliphatic heterocycles. The molecule has 0 unspecified atom stereocenters. The van der Waals surface area contributed by atoms with E-state index in [4.69, 9.17) is 4.74 Å². The van der Waals surface area contributed by atoms with Crippen LogP contribution in [0.25, 0.3) is 10.9 Å². The minimum Gasteiger partial charge on any atom is -0.459 e. The van der Waals surface area contributed by atoms with Crippen LogP contribution >= 0.6 is 11.3 Å². The molecule has 3 rings (SSSR count). The summed E-state index contributed by atoms with van der Waals surface area (Å²) in [7, 11) is 0.